The van der Waals surface area contributed by atoms with Crippen LogP contribution in [0.1, 0.15) is 17.4 Å². The third kappa shape index (κ3) is 3.33. The van der Waals surface area contributed by atoms with Crippen molar-refractivity contribution in [2.75, 3.05) is 13.7 Å². The van der Waals surface area contributed by atoms with Crippen LogP contribution in [0.25, 0.3) is 43.9 Å². The van der Waals surface area contributed by atoms with Crippen molar-refractivity contribution in [2.45, 2.75) is 6.92 Å². The molecule has 0 saturated carbocycles. The second kappa shape index (κ2) is 7.85. The number of benzene rings is 2. The fourth-order valence-corrected chi connectivity index (χ4v) is 4.40. The first kappa shape index (κ1) is 19.3. The van der Waals surface area contributed by atoms with Gasteiger partial charge in [0.25, 0.3) is 0 Å². The minimum absolute atomic E-state index is 0.265. The first-order chi connectivity index (χ1) is 15.2. The van der Waals surface area contributed by atoms with Gasteiger partial charge in [-0.3, -0.25) is 0 Å². The number of carbonyl (C=O) groups excluding carboxylic acids is 1. The topological polar surface area (TPSA) is 74.5 Å². The highest BCUT2D eigenvalue weighted by Crippen LogP contribution is 2.42. The molecule has 0 aliphatic carbocycles. The maximum atomic E-state index is 12.0. The van der Waals surface area contributed by atoms with E-state index in [1.807, 2.05) is 47.8 Å². The van der Waals surface area contributed by atoms with Gasteiger partial charge in [0, 0.05) is 21.7 Å². The van der Waals surface area contributed by atoms with Crippen LogP contribution in [0.4, 0.5) is 0 Å². The SMILES string of the molecule is CCOC(=O)c1cccc(-c2csc(-c3ccc(OC)c4oc5ccccc5c34)n2)n1. The summed E-state index contributed by atoms with van der Waals surface area (Å²) in [6.07, 6.45) is 0. The number of ether oxygens (including phenoxy) is 2. The number of furan rings is 1. The third-order valence-electron chi connectivity index (χ3n) is 4.94. The van der Waals surface area contributed by atoms with E-state index in [0.717, 1.165) is 26.9 Å². The predicted molar refractivity (Wildman–Crippen MR) is 121 cm³/mol. The van der Waals surface area contributed by atoms with E-state index in [9.17, 15) is 4.79 Å². The summed E-state index contributed by atoms with van der Waals surface area (Å²) in [5, 5.41) is 4.73. The standard InChI is InChI=1S/C24H18N2O4S/c1-3-29-24(27)17-9-6-8-16(25-17)18-13-31-23(26-18)15-11-12-20(28-2)22-21(15)14-7-4-5-10-19(14)30-22/h4-13H,3H2,1-2H3. The van der Waals surface area contributed by atoms with Gasteiger partial charge in [-0.1, -0.05) is 24.3 Å². The molecular formula is C24H18N2O4S. The number of hydrogen-bond donors (Lipinski definition) is 0. The van der Waals surface area contributed by atoms with Crippen molar-refractivity contribution in [3.63, 3.8) is 0 Å². The molecule has 0 spiro atoms. The predicted octanol–water partition coefficient (Wildman–Crippen LogP) is 5.96. The van der Waals surface area contributed by atoms with Gasteiger partial charge < -0.3 is 13.9 Å². The van der Waals surface area contributed by atoms with Gasteiger partial charge in [-0.15, -0.1) is 11.3 Å². The molecule has 2 aromatic carbocycles. The molecule has 0 aliphatic rings. The van der Waals surface area contributed by atoms with Crippen LogP contribution >= 0.6 is 11.3 Å². The largest absolute Gasteiger partial charge is 0.493 e. The molecule has 3 aromatic heterocycles. The molecule has 0 N–H and O–H groups in total. The van der Waals surface area contributed by atoms with Crippen LogP contribution in [-0.4, -0.2) is 29.7 Å². The Bertz CT molecular complexity index is 1420. The van der Waals surface area contributed by atoms with Gasteiger partial charge in [0.15, 0.2) is 11.3 Å². The number of aromatic nitrogens is 2. The van der Waals surface area contributed by atoms with Crippen LogP contribution in [0.15, 0.2) is 64.4 Å². The lowest BCUT2D eigenvalue weighted by atomic mass is 10.1. The van der Waals surface area contributed by atoms with Gasteiger partial charge in [0.05, 0.1) is 19.4 Å². The minimum atomic E-state index is -0.443. The number of para-hydroxylation sites is 1. The molecule has 0 unspecified atom stereocenters. The quantitative estimate of drug-likeness (QED) is 0.321. The molecule has 6 nitrogen and oxygen atoms in total. The fourth-order valence-electron chi connectivity index (χ4n) is 3.55. The maximum Gasteiger partial charge on any atom is 0.356 e. The summed E-state index contributed by atoms with van der Waals surface area (Å²) in [5.41, 5.74) is 4.03. The Kier molecular flexibility index (Phi) is 4.88. The average Bonchev–Trinajstić information content (AvgIpc) is 3.44. The first-order valence-electron chi connectivity index (χ1n) is 9.78. The number of nitrogens with zero attached hydrogens (tertiary/aromatic N) is 2. The summed E-state index contributed by atoms with van der Waals surface area (Å²) >= 11 is 1.51. The van der Waals surface area contributed by atoms with E-state index < -0.39 is 5.97 Å². The normalized spacial score (nSPS) is 11.2. The van der Waals surface area contributed by atoms with Crippen molar-refractivity contribution >= 4 is 39.2 Å². The third-order valence-corrected chi connectivity index (χ3v) is 5.82. The Morgan fingerprint density at radius 1 is 1.03 bits per heavy atom. The number of methoxy groups -OCH3 is 1. The molecule has 0 fully saturated rings. The van der Waals surface area contributed by atoms with Crippen molar-refractivity contribution < 1.29 is 18.7 Å². The lowest BCUT2D eigenvalue weighted by molar-refractivity contribution is 0.0519. The number of pyridine rings is 1. The fraction of sp³-hybridized carbons (Fsp3) is 0.125. The van der Waals surface area contributed by atoms with Crippen molar-refractivity contribution in [1.82, 2.24) is 9.97 Å². The molecule has 0 amide bonds. The molecule has 7 heteroatoms. The molecule has 0 radical (unpaired) electrons. The zero-order valence-electron chi connectivity index (χ0n) is 16.9. The Labute approximate surface area is 182 Å². The summed E-state index contributed by atoms with van der Waals surface area (Å²) < 4.78 is 16.6. The van der Waals surface area contributed by atoms with Crippen molar-refractivity contribution in [1.29, 1.82) is 0 Å². The highest BCUT2D eigenvalue weighted by Gasteiger charge is 2.19. The molecule has 0 aliphatic heterocycles. The van der Waals surface area contributed by atoms with E-state index >= 15 is 0 Å². The molecule has 0 saturated heterocycles. The lowest BCUT2D eigenvalue weighted by Crippen LogP contribution is -2.07. The number of fused-ring (bicyclic) bond motifs is 3. The molecular weight excluding hydrogens is 412 g/mol. The van der Waals surface area contributed by atoms with Gasteiger partial charge in [0.1, 0.15) is 22.0 Å². The Morgan fingerprint density at radius 2 is 1.90 bits per heavy atom. The molecule has 5 aromatic rings. The molecule has 3 heterocycles. The Morgan fingerprint density at radius 3 is 2.74 bits per heavy atom. The zero-order valence-corrected chi connectivity index (χ0v) is 17.7. The summed E-state index contributed by atoms with van der Waals surface area (Å²) in [6, 6.07) is 17.0. The van der Waals surface area contributed by atoms with Crippen LogP contribution < -0.4 is 4.74 Å². The van der Waals surface area contributed by atoms with E-state index in [1.165, 1.54) is 11.3 Å². The van der Waals surface area contributed by atoms with Gasteiger partial charge in [-0.2, -0.15) is 0 Å². The molecule has 5 rings (SSSR count). The van der Waals surface area contributed by atoms with Gasteiger partial charge in [-0.05, 0) is 37.3 Å². The molecule has 154 valence electrons. The summed E-state index contributed by atoms with van der Waals surface area (Å²) in [5.74, 6) is 0.233. The van der Waals surface area contributed by atoms with Crippen molar-refractivity contribution in [3.8, 4) is 27.7 Å². The van der Waals surface area contributed by atoms with Gasteiger partial charge in [0.2, 0.25) is 0 Å². The summed E-state index contributed by atoms with van der Waals surface area (Å²) in [4.78, 5) is 21.3. The van der Waals surface area contributed by atoms with Gasteiger partial charge in [-0.25, -0.2) is 14.8 Å². The highest BCUT2D eigenvalue weighted by molar-refractivity contribution is 7.13. The van der Waals surface area contributed by atoms with Crippen LogP contribution in [0, 0.1) is 0 Å². The maximum absolute atomic E-state index is 12.0. The zero-order chi connectivity index (χ0) is 21.4. The molecule has 31 heavy (non-hydrogen) atoms. The monoisotopic (exact) mass is 430 g/mol. The van der Waals surface area contributed by atoms with Crippen LogP contribution in [0.2, 0.25) is 0 Å². The summed E-state index contributed by atoms with van der Waals surface area (Å²) in [7, 11) is 1.63. The first-order valence-corrected chi connectivity index (χ1v) is 10.7. The van der Waals surface area contributed by atoms with E-state index in [0.29, 0.717) is 29.3 Å². The van der Waals surface area contributed by atoms with Crippen LogP contribution in [0.3, 0.4) is 0 Å². The van der Waals surface area contributed by atoms with Crippen LogP contribution in [-0.2, 0) is 4.74 Å². The highest BCUT2D eigenvalue weighted by atomic mass is 32.1. The van der Waals surface area contributed by atoms with Gasteiger partial charge >= 0.3 is 5.97 Å². The van der Waals surface area contributed by atoms with Crippen LogP contribution in [0.5, 0.6) is 5.75 Å². The number of thiazole rings is 1. The smallest absolute Gasteiger partial charge is 0.356 e. The van der Waals surface area contributed by atoms with E-state index in [-0.39, 0.29) is 5.69 Å². The molecule has 0 atom stereocenters. The number of rotatable bonds is 5. The Hall–Kier alpha value is -3.71. The van der Waals surface area contributed by atoms with Crippen molar-refractivity contribution in [2.24, 2.45) is 0 Å². The number of hydrogen-bond acceptors (Lipinski definition) is 7. The van der Waals surface area contributed by atoms with E-state index in [1.54, 1.807) is 26.2 Å². The molecule has 0 bridgehead atoms. The van der Waals surface area contributed by atoms with Crippen molar-refractivity contribution in [3.05, 3.63) is 65.7 Å². The number of carbonyl (C=O) groups is 1. The second-order valence-electron chi connectivity index (χ2n) is 6.78. The minimum Gasteiger partial charge on any atom is -0.493 e. The summed E-state index contributed by atoms with van der Waals surface area (Å²) in [6.45, 7) is 2.07. The number of esters is 1. The second-order valence-corrected chi connectivity index (χ2v) is 7.64. The lowest BCUT2D eigenvalue weighted by Gasteiger charge is -2.04. The van der Waals surface area contributed by atoms with E-state index in [4.69, 9.17) is 18.9 Å². The van der Waals surface area contributed by atoms with E-state index in [2.05, 4.69) is 4.98 Å². The Balaban J connectivity index is 1.62. The average molecular weight is 430 g/mol.